The van der Waals surface area contributed by atoms with E-state index in [1.807, 2.05) is 18.2 Å². The fourth-order valence-electron chi connectivity index (χ4n) is 3.52. The number of benzene rings is 2. The van der Waals surface area contributed by atoms with E-state index in [0.29, 0.717) is 41.6 Å². The Hall–Kier alpha value is -3.52. The molecule has 1 saturated heterocycles. The van der Waals surface area contributed by atoms with Crippen LogP contribution in [0.3, 0.4) is 0 Å². The number of nitrogens with one attached hydrogen (secondary N) is 2. The average molecular weight is 437 g/mol. The third-order valence-corrected chi connectivity index (χ3v) is 5.26. The predicted octanol–water partition coefficient (Wildman–Crippen LogP) is 3.77. The largest absolute Gasteiger partial charge is 0.441 e. The van der Waals surface area contributed by atoms with Crippen molar-refractivity contribution in [2.45, 2.75) is 38.8 Å². The molecule has 3 aromatic rings. The molecule has 1 aliphatic heterocycles. The Kier molecular flexibility index (Phi) is 6.61. The van der Waals surface area contributed by atoms with Crippen LogP contribution < -0.4 is 10.6 Å². The molecule has 8 heteroatoms. The molecule has 2 heterocycles. The van der Waals surface area contributed by atoms with Crippen molar-refractivity contribution in [3.05, 3.63) is 71.4 Å². The number of oxazole rings is 1. The second kappa shape index (κ2) is 9.74. The van der Waals surface area contributed by atoms with Crippen molar-refractivity contribution in [2.75, 3.05) is 11.9 Å². The van der Waals surface area contributed by atoms with Gasteiger partial charge < -0.3 is 19.8 Å². The Morgan fingerprint density at radius 1 is 1.16 bits per heavy atom. The summed E-state index contributed by atoms with van der Waals surface area (Å²) in [6, 6.07) is 13.1. The maximum atomic E-state index is 13.0. The van der Waals surface area contributed by atoms with E-state index in [2.05, 4.69) is 15.6 Å². The van der Waals surface area contributed by atoms with Gasteiger partial charge in [0.2, 0.25) is 11.8 Å². The van der Waals surface area contributed by atoms with Crippen LogP contribution >= 0.6 is 0 Å². The summed E-state index contributed by atoms with van der Waals surface area (Å²) in [7, 11) is 0. The minimum atomic E-state index is -0.443. The van der Waals surface area contributed by atoms with E-state index >= 15 is 0 Å². The van der Waals surface area contributed by atoms with Crippen molar-refractivity contribution in [2.24, 2.45) is 0 Å². The first-order valence-electron chi connectivity index (χ1n) is 10.5. The zero-order chi connectivity index (χ0) is 22.5. The van der Waals surface area contributed by atoms with E-state index in [1.165, 1.54) is 12.1 Å². The molecule has 32 heavy (non-hydrogen) atoms. The zero-order valence-corrected chi connectivity index (χ0v) is 17.7. The number of ether oxygens (including phenoxy) is 1. The van der Waals surface area contributed by atoms with Crippen LogP contribution in [0.25, 0.3) is 11.5 Å². The van der Waals surface area contributed by atoms with Crippen molar-refractivity contribution in [1.82, 2.24) is 10.3 Å². The number of aromatic nitrogens is 1. The van der Waals surface area contributed by atoms with E-state index in [1.54, 1.807) is 25.1 Å². The van der Waals surface area contributed by atoms with Crippen LogP contribution in [0.5, 0.6) is 0 Å². The number of aryl methyl sites for hydroxylation is 1. The highest BCUT2D eigenvalue weighted by atomic mass is 19.1. The summed E-state index contributed by atoms with van der Waals surface area (Å²) >= 11 is 0. The van der Waals surface area contributed by atoms with Crippen molar-refractivity contribution in [3.8, 4) is 11.5 Å². The number of rotatable bonds is 7. The molecule has 1 aromatic heterocycles. The molecule has 4 rings (SSSR count). The molecule has 166 valence electrons. The lowest BCUT2D eigenvalue weighted by Crippen LogP contribution is -2.27. The lowest BCUT2D eigenvalue weighted by atomic mass is 10.1. The molecule has 0 bridgehead atoms. The quantitative estimate of drug-likeness (QED) is 0.587. The smallest absolute Gasteiger partial charge is 0.253 e. The molecular weight excluding hydrogens is 413 g/mol. The molecule has 1 aliphatic rings. The number of nitrogens with zero attached hydrogens (tertiary/aromatic N) is 1. The number of carbonyl (C=O) groups excluding carboxylic acids is 2. The van der Waals surface area contributed by atoms with E-state index < -0.39 is 6.10 Å². The van der Waals surface area contributed by atoms with Gasteiger partial charge in [-0.05, 0) is 49.6 Å². The lowest BCUT2D eigenvalue weighted by molar-refractivity contribution is -0.124. The van der Waals surface area contributed by atoms with Crippen LogP contribution in [0.15, 0.2) is 52.9 Å². The van der Waals surface area contributed by atoms with Gasteiger partial charge in [0.05, 0.1) is 24.2 Å². The van der Waals surface area contributed by atoms with Crippen molar-refractivity contribution < 1.29 is 23.1 Å². The average Bonchev–Trinajstić information content (AvgIpc) is 3.44. The third-order valence-electron chi connectivity index (χ3n) is 5.26. The number of hydrogen-bond acceptors (Lipinski definition) is 5. The van der Waals surface area contributed by atoms with Gasteiger partial charge >= 0.3 is 0 Å². The molecule has 2 amide bonds. The Morgan fingerprint density at radius 2 is 1.94 bits per heavy atom. The molecule has 0 aliphatic carbocycles. The Morgan fingerprint density at radius 3 is 2.69 bits per heavy atom. The molecule has 2 aromatic carbocycles. The van der Waals surface area contributed by atoms with Crippen LogP contribution in [0.1, 0.15) is 29.9 Å². The van der Waals surface area contributed by atoms with Crippen LogP contribution in [0.2, 0.25) is 0 Å². The summed E-state index contributed by atoms with van der Waals surface area (Å²) in [4.78, 5) is 29.2. The number of hydrogen-bond donors (Lipinski definition) is 2. The fourth-order valence-corrected chi connectivity index (χ4v) is 3.52. The Labute approximate surface area is 185 Å². The normalized spacial score (nSPS) is 15.5. The second-order valence-corrected chi connectivity index (χ2v) is 7.64. The van der Waals surface area contributed by atoms with Gasteiger partial charge in [0.25, 0.3) is 5.91 Å². The highest BCUT2D eigenvalue weighted by molar-refractivity contribution is 5.97. The first-order chi connectivity index (χ1) is 15.5. The number of amides is 2. The number of anilines is 1. The van der Waals surface area contributed by atoms with Crippen molar-refractivity contribution in [1.29, 1.82) is 0 Å². The van der Waals surface area contributed by atoms with Crippen molar-refractivity contribution in [3.63, 3.8) is 0 Å². The zero-order valence-electron chi connectivity index (χ0n) is 17.7. The summed E-state index contributed by atoms with van der Waals surface area (Å²) in [6.45, 7) is 2.56. The van der Waals surface area contributed by atoms with E-state index in [9.17, 15) is 14.0 Å². The maximum absolute atomic E-state index is 13.0. The minimum absolute atomic E-state index is 0.141. The van der Waals surface area contributed by atoms with E-state index in [-0.39, 0.29) is 30.6 Å². The van der Waals surface area contributed by atoms with Crippen LogP contribution in [0, 0.1) is 12.7 Å². The summed E-state index contributed by atoms with van der Waals surface area (Å²) in [5.41, 5.74) is 2.54. The molecule has 0 spiro atoms. The first kappa shape index (κ1) is 21.7. The van der Waals surface area contributed by atoms with Gasteiger partial charge in [0, 0.05) is 6.61 Å². The van der Waals surface area contributed by atoms with Gasteiger partial charge in [-0.3, -0.25) is 9.59 Å². The molecule has 0 radical (unpaired) electrons. The maximum Gasteiger partial charge on any atom is 0.253 e. The summed E-state index contributed by atoms with van der Waals surface area (Å²) < 4.78 is 24.3. The second-order valence-electron chi connectivity index (χ2n) is 7.64. The van der Waals surface area contributed by atoms with Crippen LogP contribution in [-0.4, -0.2) is 29.5 Å². The Bertz CT molecular complexity index is 1100. The highest BCUT2D eigenvalue weighted by Crippen LogP contribution is 2.29. The summed E-state index contributed by atoms with van der Waals surface area (Å²) in [6.07, 6.45) is 1.27. The lowest BCUT2D eigenvalue weighted by Gasteiger charge is -2.12. The number of carbonyl (C=O) groups is 2. The summed E-state index contributed by atoms with van der Waals surface area (Å²) in [5.74, 6) is 0.194. The predicted molar refractivity (Wildman–Crippen MR) is 116 cm³/mol. The molecule has 0 saturated carbocycles. The van der Waals surface area contributed by atoms with Gasteiger partial charge in [-0.2, -0.15) is 0 Å². The van der Waals surface area contributed by atoms with Gasteiger partial charge in [-0.1, -0.05) is 24.3 Å². The van der Waals surface area contributed by atoms with Crippen molar-refractivity contribution >= 4 is 17.5 Å². The SMILES string of the molecule is Cc1oc(-c2ccccc2NC(=O)[C@H]2CCCO2)nc1CNC(=O)Cc1ccc(F)cc1. The van der Waals surface area contributed by atoms with E-state index in [0.717, 1.165) is 12.0 Å². The first-order valence-corrected chi connectivity index (χ1v) is 10.5. The third kappa shape index (κ3) is 5.20. The number of para-hydroxylation sites is 1. The van der Waals surface area contributed by atoms with Gasteiger partial charge in [-0.25, -0.2) is 9.37 Å². The van der Waals surface area contributed by atoms with Gasteiger partial charge in [0.15, 0.2) is 0 Å². The Balaban J connectivity index is 1.42. The molecule has 1 atom stereocenters. The monoisotopic (exact) mass is 437 g/mol. The minimum Gasteiger partial charge on any atom is -0.441 e. The number of halogens is 1. The highest BCUT2D eigenvalue weighted by Gasteiger charge is 2.25. The molecule has 2 N–H and O–H groups in total. The van der Waals surface area contributed by atoms with E-state index in [4.69, 9.17) is 9.15 Å². The topological polar surface area (TPSA) is 93.5 Å². The molecule has 0 unspecified atom stereocenters. The van der Waals surface area contributed by atoms with Gasteiger partial charge in [-0.15, -0.1) is 0 Å². The molecule has 7 nitrogen and oxygen atoms in total. The van der Waals surface area contributed by atoms with Crippen LogP contribution in [-0.2, 0) is 27.3 Å². The fraction of sp³-hybridized carbons (Fsp3) is 0.292. The standard InChI is InChI=1S/C24H24FN3O4/c1-15-20(14-26-22(29)13-16-8-10-17(25)11-9-16)28-24(32-15)18-5-2-3-6-19(18)27-23(30)21-7-4-12-31-21/h2-3,5-6,8-11,21H,4,7,12-14H2,1H3,(H,26,29)(H,27,30)/t21-/m1/s1. The van der Waals surface area contributed by atoms with Gasteiger partial charge in [0.1, 0.15) is 23.4 Å². The molecule has 1 fully saturated rings. The molecular formula is C24H24FN3O4. The van der Waals surface area contributed by atoms with Crippen LogP contribution in [0.4, 0.5) is 10.1 Å². The summed E-state index contributed by atoms with van der Waals surface area (Å²) in [5, 5.41) is 5.71.